The summed E-state index contributed by atoms with van der Waals surface area (Å²) >= 11 is 4.63. The molecule has 2 nitrogen and oxygen atoms in total. The molecule has 0 aliphatic carbocycles. The zero-order valence-electron chi connectivity index (χ0n) is 4.01. The molecule has 0 aromatic carbocycles. The van der Waals surface area contributed by atoms with E-state index in [0.717, 1.165) is 0 Å². The fraction of sp³-hybridized carbons (Fsp3) is 0. The summed E-state index contributed by atoms with van der Waals surface area (Å²) in [5.74, 6) is 0. The Bertz CT molecular complexity index is 116. The summed E-state index contributed by atoms with van der Waals surface area (Å²) in [4.78, 5) is 6.37. The van der Waals surface area contributed by atoms with E-state index in [-0.39, 0.29) is 51.4 Å². The molecule has 0 aliphatic heterocycles. The van der Waals surface area contributed by atoms with Crippen LogP contribution >= 0.6 is 0 Å². The first-order valence-electron chi connectivity index (χ1n) is 1.55. The van der Waals surface area contributed by atoms with Gasteiger partial charge in [0.25, 0.3) is 0 Å². The number of hydrogen-bond donors (Lipinski definition) is 1. The SMILES string of the molecule is [K+].[S-]c1cnc[nH]1. The Morgan fingerprint density at radius 1 is 1.71 bits per heavy atom. The van der Waals surface area contributed by atoms with Gasteiger partial charge in [0.1, 0.15) is 0 Å². The van der Waals surface area contributed by atoms with Gasteiger partial charge in [0.05, 0.1) is 6.33 Å². The number of nitrogens with one attached hydrogen (secondary N) is 1. The first kappa shape index (κ1) is 8.07. The van der Waals surface area contributed by atoms with Gasteiger partial charge in [-0.25, -0.2) is 4.98 Å². The molecule has 0 radical (unpaired) electrons. The van der Waals surface area contributed by atoms with Crippen LogP contribution in [0.4, 0.5) is 0 Å². The van der Waals surface area contributed by atoms with Crippen LogP contribution in [0.1, 0.15) is 0 Å². The van der Waals surface area contributed by atoms with Crippen molar-refractivity contribution in [1.82, 2.24) is 9.97 Å². The summed E-state index contributed by atoms with van der Waals surface area (Å²) < 4.78 is 0. The maximum Gasteiger partial charge on any atom is 1.00 e. The molecule has 4 heteroatoms. The zero-order chi connectivity index (χ0) is 4.41. The van der Waals surface area contributed by atoms with E-state index >= 15 is 0 Å². The number of aromatic nitrogens is 2. The third-order valence-electron chi connectivity index (χ3n) is 0.473. The fourth-order valence-corrected chi connectivity index (χ4v) is 0.357. The Morgan fingerprint density at radius 2 is 2.43 bits per heavy atom. The van der Waals surface area contributed by atoms with E-state index in [4.69, 9.17) is 0 Å². The van der Waals surface area contributed by atoms with Crippen LogP contribution in [0.25, 0.3) is 0 Å². The van der Waals surface area contributed by atoms with Gasteiger partial charge in [-0.1, -0.05) is 5.03 Å². The molecule has 0 atom stereocenters. The Morgan fingerprint density at radius 3 is 2.57 bits per heavy atom. The van der Waals surface area contributed by atoms with Crippen LogP contribution < -0.4 is 51.4 Å². The monoisotopic (exact) mass is 138 g/mol. The zero-order valence-corrected chi connectivity index (χ0v) is 7.95. The standard InChI is InChI=1S/C3H4N2S.K/c6-3-1-4-2-5-3;/h1-2,6H,(H,4,5);/q;+1/p-1. The van der Waals surface area contributed by atoms with Crippen molar-refractivity contribution >= 4 is 12.6 Å². The van der Waals surface area contributed by atoms with Crippen LogP contribution in [0.3, 0.4) is 0 Å². The molecule has 0 fully saturated rings. The van der Waals surface area contributed by atoms with Crippen LogP contribution in [-0.4, -0.2) is 9.97 Å². The van der Waals surface area contributed by atoms with Gasteiger partial charge in [-0.15, -0.1) is 0 Å². The molecule has 0 saturated heterocycles. The van der Waals surface area contributed by atoms with Crippen LogP contribution in [-0.2, 0) is 12.6 Å². The molecule has 0 saturated carbocycles. The van der Waals surface area contributed by atoms with E-state index in [2.05, 4.69) is 22.6 Å². The molecule has 0 amide bonds. The Balaban J connectivity index is 0.000000360. The van der Waals surface area contributed by atoms with Crippen molar-refractivity contribution in [2.24, 2.45) is 0 Å². The van der Waals surface area contributed by atoms with Gasteiger partial charge in [-0.3, -0.25) is 0 Å². The third-order valence-corrected chi connectivity index (χ3v) is 0.696. The van der Waals surface area contributed by atoms with Crippen molar-refractivity contribution in [2.75, 3.05) is 0 Å². The number of aromatic amines is 1. The number of nitrogens with zero attached hydrogens (tertiary/aromatic N) is 1. The van der Waals surface area contributed by atoms with Crippen molar-refractivity contribution in [3.05, 3.63) is 12.5 Å². The molecule has 7 heavy (non-hydrogen) atoms. The summed E-state index contributed by atoms with van der Waals surface area (Å²) in [6, 6.07) is 0. The summed E-state index contributed by atoms with van der Waals surface area (Å²) in [6.45, 7) is 0. The van der Waals surface area contributed by atoms with E-state index in [1.165, 1.54) is 0 Å². The second kappa shape index (κ2) is 4.00. The van der Waals surface area contributed by atoms with Crippen molar-refractivity contribution < 1.29 is 51.4 Å². The topological polar surface area (TPSA) is 28.7 Å². The summed E-state index contributed by atoms with van der Waals surface area (Å²) in [5.41, 5.74) is 0. The van der Waals surface area contributed by atoms with E-state index in [1.54, 1.807) is 12.5 Å². The largest absolute Gasteiger partial charge is 1.00 e. The molecular weight excluding hydrogens is 135 g/mol. The summed E-state index contributed by atoms with van der Waals surface area (Å²) in [5, 5.41) is 0.690. The van der Waals surface area contributed by atoms with Gasteiger partial charge in [-0.2, -0.15) is 0 Å². The van der Waals surface area contributed by atoms with Gasteiger partial charge in [0, 0.05) is 6.20 Å². The van der Waals surface area contributed by atoms with Gasteiger partial charge in [0.15, 0.2) is 0 Å². The Kier molecular flexibility index (Phi) is 4.61. The summed E-state index contributed by atoms with van der Waals surface area (Å²) in [7, 11) is 0. The van der Waals surface area contributed by atoms with E-state index in [1.807, 2.05) is 0 Å². The maximum atomic E-state index is 4.63. The van der Waals surface area contributed by atoms with Gasteiger partial charge < -0.3 is 17.6 Å². The molecule has 1 aromatic rings. The normalized spacial score (nSPS) is 7.43. The number of hydrogen-bond acceptors (Lipinski definition) is 2. The second-order valence-electron chi connectivity index (χ2n) is 0.916. The predicted molar refractivity (Wildman–Crippen MR) is 24.2 cm³/mol. The molecule has 0 bridgehead atoms. The van der Waals surface area contributed by atoms with Crippen LogP contribution in [0.2, 0.25) is 0 Å². The first-order valence-corrected chi connectivity index (χ1v) is 1.96. The van der Waals surface area contributed by atoms with E-state index in [9.17, 15) is 0 Å². The minimum atomic E-state index is 0. The average molecular weight is 138 g/mol. The van der Waals surface area contributed by atoms with Crippen LogP contribution in [0.15, 0.2) is 17.6 Å². The molecule has 1 aromatic heterocycles. The van der Waals surface area contributed by atoms with Crippen molar-refractivity contribution in [3.63, 3.8) is 0 Å². The minimum absolute atomic E-state index is 0. The van der Waals surface area contributed by atoms with Crippen LogP contribution in [0.5, 0.6) is 0 Å². The predicted octanol–water partition coefficient (Wildman–Crippen LogP) is -2.68. The number of rotatable bonds is 0. The van der Waals surface area contributed by atoms with Gasteiger partial charge in [-0.05, 0) is 0 Å². The van der Waals surface area contributed by atoms with E-state index in [0.29, 0.717) is 5.03 Å². The fourth-order valence-electron chi connectivity index (χ4n) is 0.243. The quantitative estimate of drug-likeness (QED) is 0.313. The summed E-state index contributed by atoms with van der Waals surface area (Å²) in [6.07, 6.45) is 3.15. The average Bonchev–Trinajstić information content (AvgIpc) is 1.86. The molecule has 0 aliphatic rings. The molecule has 1 rings (SSSR count). The number of H-pyrrole nitrogens is 1. The first-order chi connectivity index (χ1) is 2.89. The van der Waals surface area contributed by atoms with Gasteiger partial charge in [0.2, 0.25) is 0 Å². The molecule has 0 unspecified atom stereocenters. The molecule has 32 valence electrons. The van der Waals surface area contributed by atoms with Crippen molar-refractivity contribution in [2.45, 2.75) is 5.03 Å². The molecule has 1 heterocycles. The van der Waals surface area contributed by atoms with Crippen LogP contribution in [0, 0.1) is 0 Å². The van der Waals surface area contributed by atoms with Crippen molar-refractivity contribution in [1.29, 1.82) is 0 Å². The van der Waals surface area contributed by atoms with Crippen molar-refractivity contribution in [3.8, 4) is 0 Å². The van der Waals surface area contributed by atoms with E-state index < -0.39 is 0 Å². The smallest absolute Gasteiger partial charge is 0.761 e. The molecule has 0 spiro atoms. The third kappa shape index (κ3) is 2.79. The Hall–Kier alpha value is 1.07. The Labute approximate surface area is 89.9 Å². The molecular formula is C3H3KN2S. The number of imidazole rings is 1. The minimum Gasteiger partial charge on any atom is -0.761 e. The van der Waals surface area contributed by atoms with Gasteiger partial charge >= 0.3 is 51.4 Å². The second-order valence-corrected chi connectivity index (χ2v) is 1.36. The maximum absolute atomic E-state index is 4.63. The molecule has 1 N–H and O–H groups in total.